The molecule has 2 aliphatic rings. The molecule has 1 amide bonds. The number of fused-ring (bicyclic) bond motifs is 1. The van der Waals surface area contributed by atoms with Crippen LogP contribution in [-0.4, -0.2) is 59.4 Å². The number of sulfone groups is 1. The molecule has 0 spiro atoms. The fourth-order valence-corrected chi connectivity index (χ4v) is 6.46. The molecule has 9 heteroatoms. The number of ketones is 1. The minimum atomic E-state index is -3.23. The van der Waals surface area contributed by atoms with Gasteiger partial charge in [-0.05, 0) is 79.4 Å². The van der Waals surface area contributed by atoms with Crippen molar-refractivity contribution in [1.82, 2.24) is 9.88 Å². The van der Waals surface area contributed by atoms with Gasteiger partial charge >= 0.3 is 6.09 Å². The van der Waals surface area contributed by atoms with Gasteiger partial charge in [-0.25, -0.2) is 18.2 Å². The number of carbonyl (C=O) groups is 2. The minimum Gasteiger partial charge on any atom is -0.444 e. The topological polar surface area (TPSA) is 93.6 Å². The van der Waals surface area contributed by atoms with E-state index < -0.39 is 27.6 Å². The molecule has 3 atom stereocenters. The van der Waals surface area contributed by atoms with Gasteiger partial charge in [0.05, 0.1) is 29.7 Å². The number of hydrogen-bond donors (Lipinski definition) is 0. The van der Waals surface area contributed by atoms with Gasteiger partial charge in [0.2, 0.25) is 0 Å². The van der Waals surface area contributed by atoms with Crippen LogP contribution in [0.25, 0.3) is 6.08 Å². The number of rotatable bonds is 10. The van der Waals surface area contributed by atoms with Crippen LogP contribution in [0.2, 0.25) is 0 Å². The highest BCUT2D eigenvalue weighted by molar-refractivity contribution is 9.10. The molecule has 1 saturated heterocycles. The summed E-state index contributed by atoms with van der Waals surface area (Å²) in [5.74, 6) is -0.0386. The van der Waals surface area contributed by atoms with Crippen molar-refractivity contribution in [2.45, 2.75) is 70.6 Å². The van der Waals surface area contributed by atoms with Crippen LogP contribution >= 0.6 is 15.9 Å². The first kappa shape index (κ1) is 26.6. The average molecular weight is 554 g/mol. The van der Waals surface area contributed by atoms with Gasteiger partial charge in [0.15, 0.2) is 15.6 Å². The Morgan fingerprint density at radius 2 is 1.97 bits per heavy atom. The van der Waals surface area contributed by atoms with E-state index >= 15 is 0 Å². The zero-order valence-electron chi connectivity index (χ0n) is 20.0. The Bertz CT molecular complexity index is 1100. The van der Waals surface area contributed by atoms with Crippen LogP contribution in [0.4, 0.5) is 4.79 Å². The van der Waals surface area contributed by atoms with Crippen LogP contribution in [0, 0.1) is 5.41 Å². The van der Waals surface area contributed by atoms with E-state index in [-0.39, 0.29) is 35.2 Å². The Kier molecular flexibility index (Phi) is 7.77. The van der Waals surface area contributed by atoms with Crippen LogP contribution in [0.15, 0.2) is 36.0 Å². The van der Waals surface area contributed by atoms with Gasteiger partial charge in [-0.15, -0.1) is 6.58 Å². The largest absolute Gasteiger partial charge is 0.444 e. The zero-order chi connectivity index (χ0) is 25.3. The van der Waals surface area contributed by atoms with Gasteiger partial charge in [-0.2, -0.15) is 0 Å². The molecule has 1 saturated carbocycles. The van der Waals surface area contributed by atoms with E-state index in [0.717, 1.165) is 5.56 Å². The van der Waals surface area contributed by atoms with Crippen molar-refractivity contribution >= 4 is 43.7 Å². The van der Waals surface area contributed by atoms with Crippen molar-refractivity contribution in [3.63, 3.8) is 0 Å². The predicted octanol–water partition coefficient (Wildman–Crippen LogP) is 4.75. The lowest BCUT2D eigenvalue weighted by Gasteiger charge is -2.29. The summed E-state index contributed by atoms with van der Waals surface area (Å²) in [4.78, 5) is 32.6. The number of nitrogens with zero attached hydrogens (tertiary/aromatic N) is 2. The lowest BCUT2D eigenvalue weighted by molar-refractivity contribution is -0.123. The smallest absolute Gasteiger partial charge is 0.411 e. The van der Waals surface area contributed by atoms with Crippen LogP contribution in [0.5, 0.6) is 0 Å². The summed E-state index contributed by atoms with van der Waals surface area (Å²) >= 11 is 3.34. The first-order valence-corrected chi connectivity index (χ1v) is 14.1. The summed E-state index contributed by atoms with van der Waals surface area (Å²) in [7, 11) is -3.23. The van der Waals surface area contributed by atoms with Gasteiger partial charge in [-0.3, -0.25) is 9.69 Å². The Morgan fingerprint density at radius 3 is 2.59 bits per heavy atom. The Balaban J connectivity index is 1.82. The van der Waals surface area contributed by atoms with Crippen molar-refractivity contribution in [3.8, 4) is 0 Å². The number of ether oxygens (including phenoxy) is 1. The molecule has 1 aliphatic carbocycles. The van der Waals surface area contributed by atoms with Crippen molar-refractivity contribution in [2.24, 2.45) is 5.41 Å². The fourth-order valence-electron chi connectivity index (χ4n) is 4.67. The highest BCUT2D eigenvalue weighted by Crippen LogP contribution is 2.62. The predicted molar refractivity (Wildman–Crippen MR) is 136 cm³/mol. The summed E-state index contributed by atoms with van der Waals surface area (Å²) in [5, 5.41) is 0. The fraction of sp³-hybridized carbons (Fsp3) is 0.560. The third kappa shape index (κ3) is 6.16. The number of hydrogen-bond acceptors (Lipinski definition) is 6. The van der Waals surface area contributed by atoms with E-state index in [2.05, 4.69) is 34.1 Å². The van der Waals surface area contributed by atoms with E-state index in [1.54, 1.807) is 43.9 Å². The summed E-state index contributed by atoms with van der Waals surface area (Å²) in [5.41, 5.74) is 0.261. The molecule has 1 aromatic heterocycles. The highest BCUT2D eigenvalue weighted by atomic mass is 79.9. The number of piperidine rings is 1. The third-order valence-corrected chi connectivity index (χ3v) is 8.60. The van der Waals surface area contributed by atoms with E-state index in [0.29, 0.717) is 36.0 Å². The molecule has 2 fully saturated rings. The molecule has 34 heavy (non-hydrogen) atoms. The summed E-state index contributed by atoms with van der Waals surface area (Å²) in [6.45, 7) is 12.7. The third-order valence-electron chi connectivity index (χ3n) is 6.47. The van der Waals surface area contributed by atoms with Gasteiger partial charge in [0.25, 0.3) is 0 Å². The summed E-state index contributed by atoms with van der Waals surface area (Å²) < 4.78 is 31.1. The van der Waals surface area contributed by atoms with Crippen molar-refractivity contribution in [2.75, 3.05) is 11.5 Å². The summed E-state index contributed by atoms with van der Waals surface area (Å²) in [6, 6.07) is 2.74. The average Bonchev–Trinajstić information content (AvgIpc) is 3.33. The number of halogens is 1. The number of Topliss-reactive ketones (excluding diaryl/α,β-unsaturated/α-hetero) is 1. The van der Waals surface area contributed by atoms with Gasteiger partial charge in [0.1, 0.15) is 10.2 Å². The Morgan fingerprint density at radius 1 is 1.26 bits per heavy atom. The lowest BCUT2D eigenvalue weighted by atomic mass is 9.93. The van der Waals surface area contributed by atoms with Crippen LogP contribution in [0.3, 0.4) is 0 Å². The number of pyridine rings is 1. The number of allylic oxidation sites excluding steroid dienone is 1. The van der Waals surface area contributed by atoms with Crippen molar-refractivity contribution in [3.05, 3.63) is 47.2 Å². The number of aromatic nitrogens is 1. The molecule has 0 radical (unpaired) electrons. The number of amides is 1. The number of likely N-dealkylation sites (tertiary alicyclic amines) is 1. The SMILES string of the molecule is C=CCCS(=O)(=O)CC[C@@]12C[C@@H](C(=O)Cc3nc(Br)ccc3C=C)N(C(=O)OC(C)(C)C)[C@@H]1C2. The Hall–Kier alpha value is -2.00. The Labute approximate surface area is 210 Å². The van der Waals surface area contributed by atoms with Crippen LogP contribution in [0.1, 0.15) is 57.7 Å². The molecule has 1 aliphatic heterocycles. The van der Waals surface area contributed by atoms with Crippen LogP contribution < -0.4 is 0 Å². The van der Waals surface area contributed by atoms with E-state index in [4.69, 9.17) is 4.74 Å². The molecule has 0 N–H and O–H groups in total. The zero-order valence-corrected chi connectivity index (χ0v) is 22.5. The van der Waals surface area contributed by atoms with Gasteiger partial charge in [0, 0.05) is 6.04 Å². The minimum absolute atomic E-state index is 0.0359. The first-order chi connectivity index (χ1) is 15.8. The second-order valence-corrected chi connectivity index (χ2v) is 13.3. The normalized spacial score (nSPS) is 23.8. The second-order valence-electron chi connectivity index (χ2n) is 10.2. The lowest BCUT2D eigenvalue weighted by Crippen LogP contribution is -2.46. The maximum absolute atomic E-state index is 13.5. The molecule has 0 unspecified atom stereocenters. The molecule has 2 heterocycles. The summed E-state index contributed by atoms with van der Waals surface area (Å²) in [6.07, 6.45) is 4.71. The standard InChI is InChI=1S/C25H33BrN2O5S/c1-6-8-12-34(31,32)13-11-25-15-19(28(21(25)16-25)23(30)33-24(3,4)5)20(29)14-18-17(7-2)9-10-22(26)27-18/h6-7,9-10,19,21H,1-2,8,11-16H2,3-5H3/t19-,21+,25-/m0/s1. The number of carbonyl (C=O) groups excluding carboxylic acids is 2. The molecular weight excluding hydrogens is 520 g/mol. The molecule has 186 valence electrons. The quantitative estimate of drug-likeness (QED) is 0.307. The second kappa shape index (κ2) is 9.93. The maximum atomic E-state index is 13.5. The van der Waals surface area contributed by atoms with Crippen molar-refractivity contribution in [1.29, 1.82) is 0 Å². The van der Waals surface area contributed by atoms with Crippen LogP contribution in [-0.2, 0) is 25.8 Å². The van der Waals surface area contributed by atoms with Gasteiger partial charge < -0.3 is 4.74 Å². The molecule has 1 aromatic rings. The monoisotopic (exact) mass is 552 g/mol. The maximum Gasteiger partial charge on any atom is 0.411 e. The molecule has 7 nitrogen and oxygen atoms in total. The van der Waals surface area contributed by atoms with Gasteiger partial charge in [-0.1, -0.05) is 24.8 Å². The molecule has 0 bridgehead atoms. The molecule has 3 rings (SSSR count). The first-order valence-electron chi connectivity index (χ1n) is 11.4. The highest BCUT2D eigenvalue weighted by Gasteiger charge is 2.67. The van der Waals surface area contributed by atoms with E-state index in [1.165, 1.54) is 0 Å². The van der Waals surface area contributed by atoms with Crippen molar-refractivity contribution < 1.29 is 22.7 Å². The van der Waals surface area contributed by atoms with E-state index in [1.807, 2.05) is 6.07 Å². The van der Waals surface area contributed by atoms with E-state index in [9.17, 15) is 18.0 Å². The molecular formula is C25H33BrN2O5S. The molecule has 0 aromatic carbocycles.